The van der Waals surface area contributed by atoms with Gasteiger partial charge in [-0.05, 0) is 42.7 Å². The molecule has 0 spiro atoms. The molecule has 4 heteroatoms. The number of hydrogen-bond acceptors (Lipinski definition) is 2. The van der Waals surface area contributed by atoms with Crippen molar-refractivity contribution in [3.8, 4) is 0 Å². The summed E-state index contributed by atoms with van der Waals surface area (Å²) in [6.45, 7) is 1.23. The standard InChI is InChI=1S/C13H17BrFNO/c1-17-9-10(3-2-6-16)7-11-4-5-12(15)8-13(11)14/h4-5,7-8H,2-3,6,9,16H2,1H3/b10-7+. The number of methoxy groups -OCH3 is 1. The van der Waals surface area contributed by atoms with E-state index in [1.807, 2.05) is 6.08 Å². The van der Waals surface area contributed by atoms with Gasteiger partial charge in [-0.15, -0.1) is 0 Å². The number of nitrogens with two attached hydrogens (primary N) is 1. The van der Waals surface area contributed by atoms with Gasteiger partial charge in [0.1, 0.15) is 5.82 Å². The lowest BCUT2D eigenvalue weighted by molar-refractivity contribution is 0.223. The molecular weight excluding hydrogens is 285 g/mol. The van der Waals surface area contributed by atoms with E-state index in [4.69, 9.17) is 10.5 Å². The zero-order valence-electron chi connectivity index (χ0n) is 9.88. The second-order valence-electron chi connectivity index (χ2n) is 3.79. The van der Waals surface area contributed by atoms with E-state index in [1.54, 1.807) is 13.2 Å². The topological polar surface area (TPSA) is 35.2 Å². The predicted molar refractivity (Wildman–Crippen MR) is 72.2 cm³/mol. The third-order valence-electron chi connectivity index (χ3n) is 2.35. The fraction of sp³-hybridized carbons (Fsp3) is 0.385. The van der Waals surface area contributed by atoms with Crippen LogP contribution in [0.3, 0.4) is 0 Å². The highest BCUT2D eigenvalue weighted by atomic mass is 79.9. The highest BCUT2D eigenvalue weighted by Crippen LogP contribution is 2.22. The molecule has 0 heterocycles. The van der Waals surface area contributed by atoms with Crippen LogP contribution >= 0.6 is 15.9 Å². The average Bonchev–Trinajstić information content (AvgIpc) is 2.29. The van der Waals surface area contributed by atoms with Crippen LogP contribution in [0.25, 0.3) is 6.08 Å². The minimum absolute atomic E-state index is 0.246. The molecule has 0 aliphatic rings. The zero-order valence-corrected chi connectivity index (χ0v) is 11.5. The molecule has 0 atom stereocenters. The van der Waals surface area contributed by atoms with Crippen LogP contribution in [0.2, 0.25) is 0 Å². The van der Waals surface area contributed by atoms with E-state index in [-0.39, 0.29) is 5.82 Å². The summed E-state index contributed by atoms with van der Waals surface area (Å²) in [5.41, 5.74) is 7.60. The molecule has 0 unspecified atom stereocenters. The first kappa shape index (κ1) is 14.4. The van der Waals surface area contributed by atoms with Crippen molar-refractivity contribution < 1.29 is 9.13 Å². The highest BCUT2D eigenvalue weighted by Gasteiger charge is 2.02. The van der Waals surface area contributed by atoms with Gasteiger partial charge in [0.25, 0.3) is 0 Å². The highest BCUT2D eigenvalue weighted by molar-refractivity contribution is 9.10. The molecular formula is C13H17BrFNO. The Morgan fingerprint density at radius 1 is 1.53 bits per heavy atom. The third-order valence-corrected chi connectivity index (χ3v) is 3.04. The number of ether oxygens (including phenoxy) is 1. The van der Waals surface area contributed by atoms with Gasteiger partial charge in [-0.25, -0.2) is 4.39 Å². The van der Waals surface area contributed by atoms with Crippen molar-refractivity contribution in [2.24, 2.45) is 5.73 Å². The van der Waals surface area contributed by atoms with E-state index in [1.165, 1.54) is 12.1 Å². The fourth-order valence-electron chi connectivity index (χ4n) is 1.54. The van der Waals surface area contributed by atoms with Crippen molar-refractivity contribution in [3.63, 3.8) is 0 Å². The summed E-state index contributed by atoms with van der Waals surface area (Å²) in [7, 11) is 1.66. The van der Waals surface area contributed by atoms with Gasteiger partial charge >= 0.3 is 0 Å². The van der Waals surface area contributed by atoms with Gasteiger partial charge in [0.05, 0.1) is 6.61 Å². The molecule has 1 aromatic carbocycles. The molecule has 0 bridgehead atoms. The molecule has 94 valence electrons. The quantitative estimate of drug-likeness (QED) is 0.874. The average molecular weight is 302 g/mol. The number of rotatable bonds is 6. The normalized spacial score (nSPS) is 11.9. The predicted octanol–water partition coefficient (Wildman–Crippen LogP) is 3.36. The summed E-state index contributed by atoms with van der Waals surface area (Å²) in [5.74, 6) is -0.246. The molecule has 1 aromatic rings. The van der Waals surface area contributed by atoms with Crippen LogP contribution in [-0.2, 0) is 4.74 Å². The van der Waals surface area contributed by atoms with Crippen LogP contribution in [0.15, 0.2) is 28.2 Å². The molecule has 1 rings (SSSR count). The van der Waals surface area contributed by atoms with Crippen LogP contribution in [-0.4, -0.2) is 20.3 Å². The summed E-state index contributed by atoms with van der Waals surface area (Å²) in [6, 6.07) is 4.65. The summed E-state index contributed by atoms with van der Waals surface area (Å²) in [5, 5.41) is 0. The Kier molecular flexibility index (Phi) is 6.40. The van der Waals surface area contributed by atoms with Crippen LogP contribution in [0.4, 0.5) is 4.39 Å². The molecule has 0 radical (unpaired) electrons. The van der Waals surface area contributed by atoms with Crippen LogP contribution in [0, 0.1) is 5.82 Å². The first-order chi connectivity index (χ1) is 8.17. The zero-order chi connectivity index (χ0) is 12.7. The van der Waals surface area contributed by atoms with Gasteiger partial charge in [0.15, 0.2) is 0 Å². The molecule has 0 fully saturated rings. The number of hydrogen-bond donors (Lipinski definition) is 1. The molecule has 2 nitrogen and oxygen atoms in total. The minimum Gasteiger partial charge on any atom is -0.380 e. The lowest BCUT2D eigenvalue weighted by Gasteiger charge is -2.07. The maximum absolute atomic E-state index is 12.9. The summed E-state index contributed by atoms with van der Waals surface area (Å²) in [6.07, 6.45) is 3.84. The molecule has 2 N–H and O–H groups in total. The van der Waals surface area contributed by atoms with Gasteiger partial charge in [-0.1, -0.05) is 28.1 Å². The van der Waals surface area contributed by atoms with Crippen molar-refractivity contribution in [2.45, 2.75) is 12.8 Å². The maximum Gasteiger partial charge on any atom is 0.124 e. The van der Waals surface area contributed by atoms with Crippen molar-refractivity contribution in [2.75, 3.05) is 20.3 Å². The molecule has 0 aromatic heterocycles. The molecule has 0 aliphatic heterocycles. The Morgan fingerprint density at radius 3 is 2.88 bits per heavy atom. The maximum atomic E-state index is 12.9. The van der Waals surface area contributed by atoms with Gasteiger partial charge in [0, 0.05) is 11.6 Å². The Bertz CT molecular complexity index is 393. The molecule has 0 saturated heterocycles. The smallest absolute Gasteiger partial charge is 0.124 e. The largest absolute Gasteiger partial charge is 0.380 e. The molecule has 0 saturated carbocycles. The molecule has 0 amide bonds. The van der Waals surface area contributed by atoms with Crippen molar-refractivity contribution >= 4 is 22.0 Å². The van der Waals surface area contributed by atoms with Gasteiger partial charge in [-0.2, -0.15) is 0 Å². The Hall–Kier alpha value is -0.710. The minimum atomic E-state index is -0.246. The van der Waals surface area contributed by atoms with Crippen molar-refractivity contribution in [1.29, 1.82) is 0 Å². The lowest BCUT2D eigenvalue weighted by Crippen LogP contribution is -2.02. The number of benzene rings is 1. The third kappa shape index (κ3) is 4.98. The van der Waals surface area contributed by atoms with Gasteiger partial charge in [0.2, 0.25) is 0 Å². The van der Waals surface area contributed by atoms with Crippen LogP contribution in [0.5, 0.6) is 0 Å². The molecule has 0 aliphatic carbocycles. The lowest BCUT2D eigenvalue weighted by atomic mass is 10.1. The van der Waals surface area contributed by atoms with Gasteiger partial charge in [-0.3, -0.25) is 0 Å². The Labute approximate surface area is 110 Å². The van der Waals surface area contributed by atoms with E-state index in [0.717, 1.165) is 28.5 Å². The fourth-order valence-corrected chi connectivity index (χ4v) is 2.00. The van der Waals surface area contributed by atoms with E-state index < -0.39 is 0 Å². The Morgan fingerprint density at radius 2 is 2.29 bits per heavy atom. The monoisotopic (exact) mass is 301 g/mol. The van der Waals surface area contributed by atoms with Gasteiger partial charge < -0.3 is 10.5 Å². The first-order valence-electron chi connectivity index (χ1n) is 5.51. The van der Waals surface area contributed by atoms with Crippen molar-refractivity contribution in [1.82, 2.24) is 0 Å². The van der Waals surface area contributed by atoms with Crippen LogP contribution < -0.4 is 5.73 Å². The van der Waals surface area contributed by atoms with E-state index in [0.29, 0.717) is 13.2 Å². The van der Waals surface area contributed by atoms with E-state index >= 15 is 0 Å². The second-order valence-corrected chi connectivity index (χ2v) is 4.65. The second kappa shape index (κ2) is 7.58. The Balaban J connectivity index is 2.87. The SMILES string of the molecule is COC/C(=C/c1ccc(F)cc1Br)CCCN. The summed E-state index contributed by atoms with van der Waals surface area (Å²) < 4.78 is 18.8. The summed E-state index contributed by atoms with van der Waals surface area (Å²) in [4.78, 5) is 0. The number of halogens is 2. The van der Waals surface area contributed by atoms with E-state index in [9.17, 15) is 4.39 Å². The first-order valence-corrected chi connectivity index (χ1v) is 6.30. The van der Waals surface area contributed by atoms with Crippen LogP contribution in [0.1, 0.15) is 18.4 Å². The van der Waals surface area contributed by atoms with E-state index in [2.05, 4.69) is 15.9 Å². The summed E-state index contributed by atoms with van der Waals surface area (Å²) >= 11 is 3.34. The van der Waals surface area contributed by atoms with Crippen molar-refractivity contribution in [3.05, 3.63) is 39.6 Å². The molecule has 17 heavy (non-hydrogen) atoms.